The maximum Gasteiger partial charge on any atom is 0.303 e. The van der Waals surface area contributed by atoms with Crippen LogP contribution in [0.2, 0.25) is 0 Å². The average Bonchev–Trinajstić information content (AvgIpc) is 2.79. The van der Waals surface area contributed by atoms with Gasteiger partial charge in [0.05, 0.1) is 6.61 Å². The molecule has 2 rings (SSSR count). The summed E-state index contributed by atoms with van der Waals surface area (Å²) in [6, 6.07) is -1.41. The molecule has 0 bridgehead atoms. The van der Waals surface area contributed by atoms with E-state index in [0.29, 0.717) is 0 Å². The van der Waals surface area contributed by atoms with Crippen molar-refractivity contribution in [3.05, 3.63) is 0 Å². The van der Waals surface area contributed by atoms with Crippen LogP contribution in [0.3, 0.4) is 0 Å². The molecule has 0 radical (unpaired) electrons. The third-order valence-electron chi connectivity index (χ3n) is 5.48. The zero-order valence-corrected chi connectivity index (χ0v) is 21.4. The Labute approximate surface area is 217 Å². The Hall–Kier alpha value is -2.89. The maximum atomic E-state index is 12.0. The minimum atomic E-state index is -1.75. The van der Waals surface area contributed by atoms with E-state index < -0.39 is 104 Å². The van der Waals surface area contributed by atoms with Crippen LogP contribution in [0.25, 0.3) is 0 Å². The van der Waals surface area contributed by atoms with Crippen LogP contribution in [-0.2, 0) is 57.1 Å². The second-order valence-corrected chi connectivity index (χ2v) is 8.63. The highest BCUT2D eigenvalue weighted by Crippen LogP contribution is 2.33. The first-order valence-electron chi connectivity index (χ1n) is 11.6. The lowest BCUT2D eigenvalue weighted by Gasteiger charge is -2.48. The summed E-state index contributed by atoms with van der Waals surface area (Å²) < 4.78 is 37.7. The van der Waals surface area contributed by atoms with E-state index >= 15 is 0 Å². The Kier molecular flexibility index (Phi) is 11.4. The highest BCUT2D eigenvalue weighted by Gasteiger charge is 2.55. The number of amides is 1. The Balaban J connectivity index is 2.54. The molecule has 2 aliphatic rings. The van der Waals surface area contributed by atoms with E-state index in [1.54, 1.807) is 0 Å². The van der Waals surface area contributed by atoms with Gasteiger partial charge in [-0.1, -0.05) is 0 Å². The van der Waals surface area contributed by atoms with Gasteiger partial charge in [0, 0.05) is 34.6 Å². The minimum absolute atomic E-state index is 0.523. The molecule has 16 heteroatoms. The fourth-order valence-electron chi connectivity index (χ4n) is 4.09. The molecule has 0 saturated carbocycles. The Bertz CT molecular complexity index is 881. The molecule has 0 aromatic carbocycles. The third-order valence-corrected chi connectivity index (χ3v) is 5.48. The van der Waals surface area contributed by atoms with Crippen LogP contribution in [0.1, 0.15) is 34.6 Å². The quantitative estimate of drug-likeness (QED) is 0.166. The number of aliphatic hydroxyl groups excluding tert-OH is 3. The number of nitrogens with one attached hydrogen (secondary N) is 1. The number of carbonyl (C=O) groups is 5. The summed E-state index contributed by atoms with van der Waals surface area (Å²) in [6.45, 7) is 4.10. The molecular formula is C22H33NO15. The number of ether oxygens (including phenoxy) is 7. The lowest BCUT2D eigenvalue weighted by atomic mass is 9.95. The summed E-state index contributed by atoms with van der Waals surface area (Å²) in [5, 5.41) is 33.1. The van der Waals surface area contributed by atoms with Crippen molar-refractivity contribution in [3.63, 3.8) is 0 Å². The van der Waals surface area contributed by atoms with Crippen LogP contribution in [0.4, 0.5) is 0 Å². The van der Waals surface area contributed by atoms with Crippen LogP contribution in [-0.4, -0.2) is 120 Å². The third kappa shape index (κ3) is 8.31. The van der Waals surface area contributed by atoms with Gasteiger partial charge in [0.15, 0.2) is 30.9 Å². The van der Waals surface area contributed by atoms with Crippen LogP contribution in [0, 0.1) is 0 Å². The van der Waals surface area contributed by atoms with Crippen molar-refractivity contribution in [3.8, 4) is 0 Å². The highest BCUT2D eigenvalue weighted by molar-refractivity contribution is 5.73. The van der Waals surface area contributed by atoms with E-state index in [0.717, 1.165) is 34.6 Å². The monoisotopic (exact) mass is 551 g/mol. The van der Waals surface area contributed by atoms with Crippen molar-refractivity contribution in [2.24, 2.45) is 0 Å². The predicted molar refractivity (Wildman–Crippen MR) is 118 cm³/mol. The SMILES string of the molecule is CC(=O)N[C@@H]1[C@@H](O[C@@H]2O[C@H](COC(C)=O)[C@H](OC(C)=O)[C@H](OC(C)=O)[C@H]2OC(C)=O)[C@@H](O)[C@@H](CO)O[C@@H]1O. The number of carbonyl (C=O) groups excluding carboxylic acids is 5. The Morgan fingerprint density at radius 1 is 0.737 bits per heavy atom. The van der Waals surface area contributed by atoms with E-state index in [-0.39, 0.29) is 0 Å². The molecule has 10 atom stereocenters. The molecule has 2 aliphatic heterocycles. The molecule has 0 spiro atoms. The van der Waals surface area contributed by atoms with E-state index in [1.807, 2.05) is 0 Å². The first-order valence-corrected chi connectivity index (χ1v) is 11.6. The highest BCUT2D eigenvalue weighted by atomic mass is 16.7. The van der Waals surface area contributed by atoms with Crippen LogP contribution in [0.15, 0.2) is 0 Å². The fourth-order valence-corrected chi connectivity index (χ4v) is 4.09. The minimum Gasteiger partial charge on any atom is -0.463 e. The van der Waals surface area contributed by atoms with Gasteiger partial charge in [-0.3, -0.25) is 24.0 Å². The van der Waals surface area contributed by atoms with Crippen molar-refractivity contribution in [1.29, 1.82) is 0 Å². The fraction of sp³-hybridized carbons (Fsp3) is 0.773. The van der Waals surface area contributed by atoms with Gasteiger partial charge in [0.25, 0.3) is 0 Å². The summed E-state index contributed by atoms with van der Waals surface area (Å²) in [7, 11) is 0. The number of hydrogen-bond acceptors (Lipinski definition) is 15. The average molecular weight is 551 g/mol. The summed E-state index contributed by atoms with van der Waals surface area (Å²) >= 11 is 0. The normalized spacial score (nSPS) is 34.9. The lowest BCUT2D eigenvalue weighted by molar-refractivity contribution is -0.343. The maximum absolute atomic E-state index is 12.0. The zero-order valence-electron chi connectivity index (χ0n) is 21.4. The smallest absolute Gasteiger partial charge is 0.303 e. The molecule has 2 fully saturated rings. The number of hydrogen-bond donors (Lipinski definition) is 4. The number of aliphatic hydroxyl groups is 3. The lowest BCUT2D eigenvalue weighted by Crippen LogP contribution is -2.68. The molecule has 2 heterocycles. The van der Waals surface area contributed by atoms with E-state index in [1.165, 1.54) is 0 Å². The predicted octanol–water partition coefficient (Wildman–Crippen LogP) is -2.97. The molecule has 2 saturated heterocycles. The van der Waals surface area contributed by atoms with Gasteiger partial charge in [-0.05, 0) is 0 Å². The van der Waals surface area contributed by atoms with Gasteiger partial charge in [-0.2, -0.15) is 0 Å². The molecule has 0 aliphatic carbocycles. The summed E-state index contributed by atoms with van der Waals surface area (Å²) in [4.78, 5) is 59.0. The van der Waals surface area contributed by atoms with Crippen molar-refractivity contribution in [2.75, 3.05) is 13.2 Å². The molecule has 38 heavy (non-hydrogen) atoms. The zero-order chi connectivity index (χ0) is 28.7. The van der Waals surface area contributed by atoms with Crippen LogP contribution >= 0.6 is 0 Å². The molecule has 4 N–H and O–H groups in total. The molecule has 0 aromatic heterocycles. The molecule has 0 unspecified atom stereocenters. The molecule has 216 valence electrons. The van der Waals surface area contributed by atoms with Gasteiger partial charge in [-0.25, -0.2) is 0 Å². The molecular weight excluding hydrogens is 518 g/mol. The van der Waals surface area contributed by atoms with E-state index in [9.17, 15) is 39.3 Å². The second kappa shape index (κ2) is 13.8. The second-order valence-electron chi connectivity index (χ2n) is 8.63. The van der Waals surface area contributed by atoms with Gasteiger partial charge < -0.3 is 53.8 Å². The molecule has 0 aromatic rings. The Morgan fingerprint density at radius 3 is 1.79 bits per heavy atom. The molecule has 16 nitrogen and oxygen atoms in total. The van der Waals surface area contributed by atoms with Gasteiger partial charge >= 0.3 is 23.9 Å². The van der Waals surface area contributed by atoms with E-state index in [4.69, 9.17) is 33.2 Å². The van der Waals surface area contributed by atoms with Crippen LogP contribution < -0.4 is 5.32 Å². The van der Waals surface area contributed by atoms with Crippen molar-refractivity contribution >= 4 is 29.8 Å². The summed E-state index contributed by atoms with van der Waals surface area (Å²) in [6.07, 6.45) is -14.0. The van der Waals surface area contributed by atoms with Crippen LogP contribution in [0.5, 0.6) is 0 Å². The number of esters is 4. The van der Waals surface area contributed by atoms with Gasteiger partial charge in [-0.15, -0.1) is 0 Å². The van der Waals surface area contributed by atoms with Crippen molar-refractivity contribution < 1.29 is 72.5 Å². The number of rotatable bonds is 9. The standard InChI is InChI=1S/C22H33NO15/c1-8(25)23-15-18(16(30)13(6-24)36-21(15)31)38-22-20(35-12(5)29)19(34-11(4)28)17(33-10(3)27)14(37-22)7-32-9(2)26/h13-22,24,30-31H,6-7H2,1-5H3,(H,23,25)/t13-,14-,15-,16+,17+,18-,19+,20-,21+,22+/m1/s1. The first-order chi connectivity index (χ1) is 17.7. The van der Waals surface area contributed by atoms with Gasteiger partial charge in [0.1, 0.15) is 37.1 Å². The topological polar surface area (TPSA) is 223 Å². The summed E-state index contributed by atoms with van der Waals surface area (Å²) in [5.41, 5.74) is 0. The van der Waals surface area contributed by atoms with E-state index in [2.05, 4.69) is 5.32 Å². The van der Waals surface area contributed by atoms with Crippen molar-refractivity contribution in [1.82, 2.24) is 5.32 Å². The Morgan fingerprint density at radius 2 is 1.29 bits per heavy atom. The van der Waals surface area contributed by atoms with Gasteiger partial charge in [0.2, 0.25) is 5.91 Å². The van der Waals surface area contributed by atoms with Crippen molar-refractivity contribution in [2.45, 2.75) is 96.0 Å². The summed E-state index contributed by atoms with van der Waals surface area (Å²) in [5.74, 6) is -3.94. The largest absolute Gasteiger partial charge is 0.463 e. The molecule has 1 amide bonds. The first kappa shape index (κ1) is 31.3.